The van der Waals surface area contributed by atoms with Crippen LogP contribution in [0.2, 0.25) is 0 Å². The van der Waals surface area contributed by atoms with Crippen molar-refractivity contribution >= 4 is 5.91 Å². The first-order chi connectivity index (χ1) is 5.87. The predicted molar refractivity (Wildman–Crippen MR) is 52.8 cm³/mol. The second-order valence-corrected chi connectivity index (χ2v) is 4.81. The smallest absolute Gasteiger partial charge is 0.221 e. The summed E-state index contributed by atoms with van der Waals surface area (Å²) in [7, 11) is 0. The molecule has 0 radical (unpaired) electrons. The lowest BCUT2D eigenvalue weighted by Gasteiger charge is -2.45. The van der Waals surface area contributed by atoms with Crippen molar-refractivity contribution in [3.8, 4) is 0 Å². The van der Waals surface area contributed by atoms with Gasteiger partial charge in [0, 0.05) is 12.0 Å². The zero-order chi connectivity index (χ0) is 10.2. The number of carbonyl (C=O) groups excluding carboxylic acids is 1. The van der Waals surface area contributed by atoms with Gasteiger partial charge in [-0.3, -0.25) is 4.79 Å². The highest BCUT2D eigenvalue weighted by molar-refractivity contribution is 5.77. The number of carbonyl (C=O) groups is 1. The average Bonchev–Trinajstić information content (AvgIpc) is 1.99. The third kappa shape index (κ3) is 1.70. The lowest BCUT2D eigenvalue weighted by atomic mass is 9.61. The van der Waals surface area contributed by atoms with E-state index in [-0.39, 0.29) is 23.3 Å². The zero-order valence-corrected chi connectivity index (χ0v) is 8.71. The maximum atomic E-state index is 11.2. The third-order valence-corrected chi connectivity index (χ3v) is 3.85. The molecule has 1 fully saturated rings. The highest BCUT2D eigenvalue weighted by Crippen LogP contribution is 2.43. The van der Waals surface area contributed by atoms with Gasteiger partial charge in [-0.1, -0.05) is 20.8 Å². The van der Waals surface area contributed by atoms with Gasteiger partial charge in [-0.15, -0.1) is 0 Å². The SMILES string of the molecule is CC1C(N)CCC(C(N)=O)C1(C)C. The molecular formula is C10H20N2O. The van der Waals surface area contributed by atoms with Crippen molar-refractivity contribution in [3.05, 3.63) is 0 Å². The van der Waals surface area contributed by atoms with Crippen LogP contribution < -0.4 is 11.5 Å². The molecule has 3 unspecified atom stereocenters. The summed E-state index contributed by atoms with van der Waals surface area (Å²) in [6.45, 7) is 6.29. The fourth-order valence-corrected chi connectivity index (χ4v) is 2.36. The Hall–Kier alpha value is -0.570. The Kier molecular flexibility index (Phi) is 2.66. The fraction of sp³-hybridized carbons (Fsp3) is 0.900. The van der Waals surface area contributed by atoms with Gasteiger partial charge < -0.3 is 11.5 Å². The van der Waals surface area contributed by atoms with E-state index in [4.69, 9.17) is 11.5 Å². The quantitative estimate of drug-likeness (QED) is 0.635. The molecular weight excluding hydrogens is 164 g/mol. The molecule has 0 aromatic carbocycles. The first kappa shape index (κ1) is 10.5. The molecule has 0 spiro atoms. The van der Waals surface area contributed by atoms with Crippen LogP contribution in [0.25, 0.3) is 0 Å². The van der Waals surface area contributed by atoms with Crippen LogP contribution in [0.3, 0.4) is 0 Å². The Morgan fingerprint density at radius 2 is 1.92 bits per heavy atom. The first-order valence-electron chi connectivity index (χ1n) is 4.92. The maximum absolute atomic E-state index is 11.2. The summed E-state index contributed by atoms with van der Waals surface area (Å²) < 4.78 is 0. The number of hydrogen-bond donors (Lipinski definition) is 2. The van der Waals surface area contributed by atoms with Gasteiger partial charge in [0.05, 0.1) is 0 Å². The molecule has 76 valence electrons. The van der Waals surface area contributed by atoms with Crippen LogP contribution in [-0.4, -0.2) is 11.9 Å². The predicted octanol–water partition coefficient (Wildman–Crippen LogP) is 0.871. The summed E-state index contributed by atoms with van der Waals surface area (Å²) in [5.41, 5.74) is 11.3. The van der Waals surface area contributed by atoms with Crippen LogP contribution in [0, 0.1) is 17.3 Å². The molecule has 1 aliphatic rings. The zero-order valence-electron chi connectivity index (χ0n) is 8.71. The van der Waals surface area contributed by atoms with Crippen LogP contribution in [0.15, 0.2) is 0 Å². The number of hydrogen-bond acceptors (Lipinski definition) is 2. The minimum absolute atomic E-state index is 0.0118. The maximum Gasteiger partial charge on any atom is 0.221 e. The number of rotatable bonds is 1. The van der Waals surface area contributed by atoms with Gasteiger partial charge in [-0.25, -0.2) is 0 Å². The summed E-state index contributed by atoms with van der Waals surface area (Å²) in [6.07, 6.45) is 1.76. The monoisotopic (exact) mass is 184 g/mol. The van der Waals surface area contributed by atoms with E-state index in [0.29, 0.717) is 5.92 Å². The Balaban J connectivity index is 2.85. The normalized spacial score (nSPS) is 38.6. The first-order valence-corrected chi connectivity index (χ1v) is 4.92. The van der Waals surface area contributed by atoms with Crippen LogP contribution in [0.4, 0.5) is 0 Å². The summed E-state index contributed by atoms with van der Waals surface area (Å²) in [4.78, 5) is 11.2. The lowest BCUT2D eigenvalue weighted by molar-refractivity contribution is -0.129. The number of nitrogens with two attached hydrogens (primary N) is 2. The summed E-state index contributed by atoms with van der Waals surface area (Å²) in [6, 6.07) is 0.214. The molecule has 0 bridgehead atoms. The molecule has 1 rings (SSSR count). The Morgan fingerprint density at radius 3 is 2.38 bits per heavy atom. The topological polar surface area (TPSA) is 69.1 Å². The standard InChI is InChI=1S/C10H20N2O/c1-6-8(11)5-4-7(9(12)13)10(6,2)3/h6-8H,4-5,11H2,1-3H3,(H2,12,13). The van der Waals surface area contributed by atoms with Crippen molar-refractivity contribution in [1.82, 2.24) is 0 Å². The molecule has 3 nitrogen and oxygen atoms in total. The van der Waals surface area contributed by atoms with E-state index in [1.54, 1.807) is 0 Å². The Bertz CT molecular complexity index is 213. The van der Waals surface area contributed by atoms with Crippen molar-refractivity contribution in [3.63, 3.8) is 0 Å². The second-order valence-electron chi connectivity index (χ2n) is 4.81. The molecule has 1 aliphatic carbocycles. The van der Waals surface area contributed by atoms with Gasteiger partial charge in [0.15, 0.2) is 0 Å². The minimum Gasteiger partial charge on any atom is -0.369 e. The van der Waals surface area contributed by atoms with Crippen molar-refractivity contribution in [2.45, 2.75) is 39.7 Å². The van der Waals surface area contributed by atoms with Gasteiger partial charge in [-0.2, -0.15) is 0 Å². The molecule has 4 N–H and O–H groups in total. The van der Waals surface area contributed by atoms with Gasteiger partial charge in [-0.05, 0) is 24.2 Å². The summed E-state index contributed by atoms with van der Waals surface area (Å²) in [5.74, 6) is 0.171. The third-order valence-electron chi connectivity index (χ3n) is 3.85. The molecule has 0 aliphatic heterocycles. The Labute approximate surface area is 79.9 Å². The average molecular weight is 184 g/mol. The molecule has 0 saturated heterocycles. The largest absolute Gasteiger partial charge is 0.369 e. The number of amides is 1. The van der Waals surface area contributed by atoms with E-state index in [2.05, 4.69) is 20.8 Å². The van der Waals surface area contributed by atoms with Crippen LogP contribution in [-0.2, 0) is 4.79 Å². The van der Waals surface area contributed by atoms with Gasteiger partial charge >= 0.3 is 0 Å². The van der Waals surface area contributed by atoms with Crippen LogP contribution in [0.5, 0.6) is 0 Å². The lowest BCUT2D eigenvalue weighted by Crippen LogP contribution is -2.50. The van der Waals surface area contributed by atoms with E-state index in [1.807, 2.05) is 0 Å². The fourth-order valence-electron chi connectivity index (χ4n) is 2.36. The van der Waals surface area contributed by atoms with Gasteiger partial charge in [0.2, 0.25) is 5.91 Å². The van der Waals surface area contributed by atoms with Crippen molar-refractivity contribution in [2.75, 3.05) is 0 Å². The van der Waals surface area contributed by atoms with Crippen molar-refractivity contribution < 1.29 is 4.79 Å². The van der Waals surface area contributed by atoms with Crippen LogP contribution >= 0.6 is 0 Å². The highest BCUT2D eigenvalue weighted by Gasteiger charge is 2.44. The minimum atomic E-state index is -0.177. The molecule has 13 heavy (non-hydrogen) atoms. The molecule has 3 heteroatoms. The van der Waals surface area contributed by atoms with Crippen molar-refractivity contribution in [1.29, 1.82) is 0 Å². The van der Waals surface area contributed by atoms with Crippen LogP contribution in [0.1, 0.15) is 33.6 Å². The van der Waals surface area contributed by atoms with E-state index < -0.39 is 0 Å². The van der Waals surface area contributed by atoms with Crippen molar-refractivity contribution in [2.24, 2.45) is 28.7 Å². The Morgan fingerprint density at radius 1 is 1.38 bits per heavy atom. The molecule has 3 atom stereocenters. The van der Waals surface area contributed by atoms with Gasteiger partial charge in [0.1, 0.15) is 0 Å². The molecule has 1 amide bonds. The summed E-state index contributed by atoms with van der Waals surface area (Å²) >= 11 is 0. The molecule has 0 aromatic rings. The van der Waals surface area contributed by atoms with Gasteiger partial charge in [0.25, 0.3) is 0 Å². The highest BCUT2D eigenvalue weighted by atomic mass is 16.1. The van der Waals surface area contributed by atoms with E-state index in [9.17, 15) is 4.79 Å². The second kappa shape index (κ2) is 3.29. The molecule has 0 heterocycles. The molecule has 1 saturated carbocycles. The van der Waals surface area contributed by atoms with E-state index in [0.717, 1.165) is 12.8 Å². The molecule has 0 aromatic heterocycles. The summed E-state index contributed by atoms with van der Waals surface area (Å²) in [5, 5.41) is 0. The van der Waals surface area contributed by atoms with E-state index >= 15 is 0 Å². The van der Waals surface area contributed by atoms with E-state index in [1.165, 1.54) is 0 Å². The number of primary amides is 1.